The van der Waals surface area contributed by atoms with Gasteiger partial charge in [0.1, 0.15) is 0 Å². The van der Waals surface area contributed by atoms with Crippen LogP contribution < -0.4 is 0 Å². The molecular formula is C8H15O3. The first kappa shape index (κ1) is 10.4. The molecule has 0 spiro atoms. The van der Waals surface area contributed by atoms with Crippen molar-refractivity contribution in [1.82, 2.24) is 0 Å². The Hall–Kier alpha value is -0.570. The van der Waals surface area contributed by atoms with Gasteiger partial charge in [-0.2, -0.15) is 0 Å². The number of hydrogen-bond acceptors (Lipinski definition) is 3. The van der Waals surface area contributed by atoms with Crippen LogP contribution in [0.3, 0.4) is 0 Å². The SMILES string of the molecule is CC(C)OCCCCO[C]=O. The van der Waals surface area contributed by atoms with Gasteiger partial charge < -0.3 is 9.47 Å². The van der Waals surface area contributed by atoms with E-state index in [4.69, 9.17) is 4.74 Å². The monoisotopic (exact) mass is 159 g/mol. The van der Waals surface area contributed by atoms with Crippen molar-refractivity contribution in [3.8, 4) is 0 Å². The maximum Gasteiger partial charge on any atom is 0.417 e. The lowest BCUT2D eigenvalue weighted by Crippen LogP contribution is -2.04. The van der Waals surface area contributed by atoms with E-state index in [9.17, 15) is 4.79 Å². The minimum atomic E-state index is 0.286. The van der Waals surface area contributed by atoms with Gasteiger partial charge in [-0.15, -0.1) is 0 Å². The van der Waals surface area contributed by atoms with Gasteiger partial charge in [-0.3, -0.25) is 0 Å². The number of rotatable bonds is 7. The molecule has 0 fully saturated rings. The van der Waals surface area contributed by atoms with Gasteiger partial charge in [0.15, 0.2) is 0 Å². The third kappa shape index (κ3) is 9.43. The summed E-state index contributed by atoms with van der Waals surface area (Å²) in [4.78, 5) is 9.57. The Balaban J connectivity index is 2.85. The zero-order valence-corrected chi connectivity index (χ0v) is 7.13. The molecule has 1 radical (unpaired) electrons. The van der Waals surface area contributed by atoms with Crippen LogP contribution in [-0.4, -0.2) is 25.8 Å². The van der Waals surface area contributed by atoms with Crippen molar-refractivity contribution in [3.05, 3.63) is 0 Å². The zero-order chi connectivity index (χ0) is 8.53. The molecule has 0 aliphatic rings. The molecule has 0 aromatic heterocycles. The van der Waals surface area contributed by atoms with Gasteiger partial charge in [-0.25, -0.2) is 4.79 Å². The molecule has 0 aliphatic heterocycles. The molecule has 0 aromatic carbocycles. The van der Waals surface area contributed by atoms with Crippen molar-refractivity contribution < 1.29 is 14.3 Å². The Morgan fingerprint density at radius 2 is 1.91 bits per heavy atom. The molecule has 0 rings (SSSR count). The summed E-state index contributed by atoms with van der Waals surface area (Å²) >= 11 is 0. The lowest BCUT2D eigenvalue weighted by Gasteiger charge is -2.05. The second-order valence-corrected chi connectivity index (χ2v) is 2.56. The fourth-order valence-corrected chi connectivity index (χ4v) is 0.637. The quantitative estimate of drug-likeness (QED) is 0.525. The Morgan fingerprint density at radius 3 is 2.45 bits per heavy atom. The lowest BCUT2D eigenvalue weighted by molar-refractivity contribution is 0.0734. The van der Waals surface area contributed by atoms with Crippen LogP contribution in [0.2, 0.25) is 0 Å². The van der Waals surface area contributed by atoms with Gasteiger partial charge in [-0.1, -0.05) is 0 Å². The van der Waals surface area contributed by atoms with Crippen molar-refractivity contribution >= 4 is 6.47 Å². The molecule has 65 valence electrons. The maximum absolute atomic E-state index is 9.57. The third-order valence-corrected chi connectivity index (χ3v) is 1.15. The molecule has 0 aromatic rings. The Morgan fingerprint density at radius 1 is 1.27 bits per heavy atom. The van der Waals surface area contributed by atoms with Crippen LogP contribution in [0, 0.1) is 0 Å². The Bertz CT molecular complexity index is 91.3. The largest absolute Gasteiger partial charge is 0.457 e. The third-order valence-electron chi connectivity index (χ3n) is 1.15. The molecule has 0 unspecified atom stereocenters. The number of carbonyl (C=O) groups excluding carboxylic acids is 1. The highest BCUT2D eigenvalue weighted by atomic mass is 16.5. The Labute approximate surface area is 67.7 Å². The second kappa shape index (κ2) is 7.54. The summed E-state index contributed by atoms with van der Waals surface area (Å²) in [6, 6.07) is 0. The van der Waals surface area contributed by atoms with Crippen molar-refractivity contribution in [2.75, 3.05) is 13.2 Å². The predicted octanol–water partition coefficient (Wildman–Crippen LogP) is 1.28. The predicted molar refractivity (Wildman–Crippen MR) is 42.0 cm³/mol. The fourth-order valence-electron chi connectivity index (χ4n) is 0.637. The molecular weight excluding hydrogens is 144 g/mol. The van der Waals surface area contributed by atoms with Gasteiger partial charge >= 0.3 is 6.47 Å². The van der Waals surface area contributed by atoms with Crippen molar-refractivity contribution in [1.29, 1.82) is 0 Å². The van der Waals surface area contributed by atoms with E-state index in [1.807, 2.05) is 13.8 Å². The van der Waals surface area contributed by atoms with E-state index in [1.54, 1.807) is 0 Å². The zero-order valence-electron chi connectivity index (χ0n) is 7.13. The number of hydrogen-bond donors (Lipinski definition) is 0. The van der Waals surface area contributed by atoms with Crippen LogP contribution in [0.4, 0.5) is 0 Å². The van der Waals surface area contributed by atoms with Gasteiger partial charge in [-0.05, 0) is 26.7 Å². The topological polar surface area (TPSA) is 35.5 Å². The van der Waals surface area contributed by atoms with Crippen LogP contribution in [0.25, 0.3) is 0 Å². The summed E-state index contributed by atoms with van der Waals surface area (Å²) in [6.45, 7) is 6.55. The van der Waals surface area contributed by atoms with Gasteiger partial charge in [0.05, 0.1) is 12.7 Å². The first-order valence-electron chi connectivity index (χ1n) is 3.88. The van der Waals surface area contributed by atoms with Gasteiger partial charge in [0.2, 0.25) is 0 Å². The van der Waals surface area contributed by atoms with E-state index < -0.39 is 0 Å². The fraction of sp³-hybridized carbons (Fsp3) is 0.875. The van der Waals surface area contributed by atoms with E-state index in [1.165, 1.54) is 6.47 Å². The van der Waals surface area contributed by atoms with E-state index in [0.29, 0.717) is 6.61 Å². The van der Waals surface area contributed by atoms with Crippen molar-refractivity contribution in [2.24, 2.45) is 0 Å². The van der Waals surface area contributed by atoms with Crippen molar-refractivity contribution in [2.45, 2.75) is 32.8 Å². The Kier molecular flexibility index (Phi) is 7.15. The van der Waals surface area contributed by atoms with E-state index >= 15 is 0 Å². The molecule has 0 amide bonds. The summed E-state index contributed by atoms with van der Waals surface area (Å²) in [5.74, 6) is 0. The molecule has 0 saturated carbocycles. The molecule has 3 nitrogen and oxygen atoms in total. The molecule has 0 bridgehead atoms. The first-order valence-corrected chi connectivity index (χ1v) is 3.88. The van der Waals surface area contributed by atoms with Gasteiger partial charge in [0, 0.05) is 6.61 Å². The number of unbranched alkanes of at least 4 members (excludes halogenated alkanes) is 1. The highest BCUT2D eigenvalue weighted by molar-refractivity contribution is 5.37. The van der Waals surface area contributed by atoms with Crippen LogP contribution in [-0.2, 0) is 14.3 Å². The van der Waals surface area contributed by atoms with Crippen LogP contribution in [0.5, 0.6) is 0 Å². The maximum atomic E-state index is 9.57. The second-order valence-electron chi connectivity index (χ2n) is 2.56. The minimum Gasteiger partial charge on any atom is -0.457 e. The van der Waals surface area contributed by atoms with Crippen LogP contribution >= 0.6 is 0 Å². The standard InChI is InChI=1S/C8H15O3/c1-8(2)11-6-4-3-5-10-7-9/h8H,3-6H2,1-2H3. The minimum absolute atomic E-state index is 0.286. The summed E-state index contributed by atoms with van der Waals surface area (Å²) in [5.41, 5.74) is 0. The van der Waals surface area contributed by atoms with E-state index in [0.717, 1.165) is 19.4 Å². The first-order chi connectivity index (χ1) is 5.27. The normalized spacial score (nSPS) is 10.1. The summed E-state index contributed by atoms with van der Waals surface area (Å²) in [5, 5.41) is 0. The van der Waals surface area contributed by atoms with E-state index in [-0.39, 0.29) is 6.10 Å². The average Bonchev–Trinajstić information content (AvgIpc) is 1.96. The molecule has 0 aliphatic carbocycles. The molecule has 0 saturated heterocycles. The van der Waals surface area contributed by atoms with Crippen molar-refractivity contribution in [3.63, 3.8) is 0 Å². The molecule has 3 heteroatoms. The summed E-state index contributed by atoms with van der Waals surface area (Å²) < 4.78 is 9.65. The molecule has 0 heterocycles. The number of ether oxygens (including phenoxy) is 2. The molecule has 0 atom stereocenters. The molecule has 0 N–H and O–H groups in total. The van der Waals surface area contributed by atoms with E-state index in [2.05, 4.69) is 4.74 Å². The van der Waals surface area contributed by atoms with Crippen LogP contribution in [0.15, 0.2) is 0 Å². The van der Waals surface area contributed by atoms with Crippen LogP contribution in [0.1, 0.15) is 26.7 Å². The highest BCUT2D eigenvalue weighted by Gasteiger charge is 1.92. The lowest BCUT2D eigenvalue weighted by atomic mass is 10.3. The average molecular weight is 159 g/mol. The summed E-state index contributed by atoms with van der Waals surface area (Å²) in [7, 11) is 0. The summed E-state index contributed by atoms with van der Waals surface area (Å²) in [6.07, 6.45) is 2.07. The molecule has 11 heavy (non-hydrogen) atoms. The smallest absolute Gasteiger partial charge is 0.417 e. The van der Waals surface area contributed by atoms with Gasteiger partial charge in [0.25, 0.3) is 0 Å². The highest BCUT2D eigenvalue weighted by Crippen LogP contribution is 1.93.